The number of aromatic amines is 1. The largest absolute Gasteiger partial charge is 0.465 e. The highest BCUT2D eigenvalue weighted by Crippen LogP contribution is 2.26. The van der Waals surface area contributed by atoms with Crippen LogP contribution in [0.15, 0.2) is 22.7 Å². The maximum absolute atomic E-state index is 12.4. The summed E-state index contributed by atoms with van der Waals surface area (Å²) in [5, 5.41) is 9.88. The molecule has 0 spiro atoms. The molecule has 0 saturated carbocycles. The van der Waals surface area contributed by atoms with Gasteiger partial charge >= 0.3 is 0 Å². The Kier molecular flexibility index (Phi) is 4.81. The van der Waals surface area contributed by atoms with Crippen molar-refractivity contribution in [1.29, 1.82) is 0 Å². The van der Waals surface area contributed by atoms with E-state index >= 15 is 0 Å². The molecule has 1 fully saturated rings. The SMILES string of the molecule is CCc1[nH]ncc1C(=O)NC[C@H](c1ccc(C)o1)N1CCCC1. The third kappa shape index (κ3) is 3.47. The number of H-pyrrole nitrogens is 1. The molecule has 6 nitrogen and oxygen atoms in total. The number of rotatable bonds is 6. The standard InChI is InChI=1S/C17H24N4O2/c1-3-14-13(10-19-20-14)17(22)18-11-15(21-8-4-5-9-21)16-7-6-12(2)23-16/h6-7,10,15H,3-5,8-9,11H2,1-2H3,(H,18,22)(H,19,20)/t15-/m1/s1. The second-order valence-electron chi connectivity index (χ2n) is 6.03. The lowest BCUT2D eigenvalue weighted by Crippen LogP contribution is -2.36. The van der Waals surface area contributed by atoms with Crippen LogP contribution in [-0.2, 0) is 6.42 Å². The van der Waals surface area contributed by atoms with Crippen molar-refractivity contribution in [3.05, 3.63) is 41.1 Å². The first-order valence-corrected chi connectivity index (χ1v) is 8.30. The number of hydrogen-bond acceptors (Lipinski definition) is 4. The molecule has 2 aromatic rings. The Bertz CT molecular complexity index is 655. The number of furan rings is 1. The number of carbonyl (C=O) groups is 1. The van der Waals surface area contributed by atoms with E-state index in [9.17, 15) is 4.79 Å². The summed E-state index contributed by atoms with van der Waals surface area (Å²) in [5.41, 5.74) is 1.50. The van der Waals surface area contributed by atoms with Crippen LogP contribution in [0.2, 0.25) is 0 Å². The van der Waals surface area contributed by atoms with Crippen LogP contribution in [0.3, 0.4) is 0 Å². The molecule has 1 atom stereocenters. The Morgan fingerprint density at radius 2 is 2.22 bits per heavy atom. The van der Waals surface area contributed by atoms with Gasteiger partial charge in [-0.1, -0.05) is 6.92 Å². The van der Waals surface area contributed by atoms with E-state index in [0.717, 1.165) is 36.7 Å². The molecule has 2 N–H and O–H groups in total. The fourth-order valence-corrected chi connectivity index (χ4v) is 3.16. The van der Waals surface area contributed by atoms with Gasteiger partial charge in [-0.2, -0.15) is 5.10 Å². The van der Waals surface area contributed by atoms with Gasteiger partial charge in [0, 0.05) is 12.2 Å². The highest BCUT2D eigenvalue weighted by atomic mass is 16.3. The van der Waals surface area contributed by atoms with Crippen molar-refractivity contribution >= 4 is 5.91 Å². The first-order chi connectivity index (χ1) is 11.2. The molecule has 1 saturated heterocycles. The number of carbonyl (C=O) groups excluding carboxylic acids is 1. The Morgan fingerprint density at radius 3 is 2.87 bits per heavy atom. The number of aromatic nitrogens is 2. The maximum Gasteiger partial charge on any atom is 0.254 e. The monoisotopic (exact) mass is 316 g/mol. The smallest absolute Gasteiger partial charge is 0.254 e. The highest BCUT2D eigenvalue weighted by molar-refractivity contribution is 5.95. The van der Waals surface area contributed by atoms with Crippen molar-refractivity contribution in [2.75, 3.05) is 19.6 Å². The number of amides is 1. The third-order valence-corrected chi connectivity index (χ3v) is 4.44. The van der Waals surface area contributed by atoms with Gasteiger partial charge in [-0.3, -0.25) is 14.8 Å². The topological polar surface area (TPSA) is 74.2 Å². The number of aryl methyl sites for hydroxylation is 2. The summed E-state index contributed by atoms with van der Waals surface area (Å²) in [4.78, 5) is 14.8. The first-order valence-electron chi connectivity index (χ1n) is 8.30. The van der Waals surface area contributed by atoms with Crippen molar-refractivity contribution < 1.29 is 9.21 Å². The zero-order chi connectivity index (χ0) is 16.2. The fourth-order valence-electron chi connectivity index (χ4n) is 3.16. The molecular weight excluding hydrogens is 292 g/mol. The van der Waals surface area contributed by atoms with Crippen molar-refractivity contribution in [2.45, 2.75) is 39.2 Å². The molecule has 1 aliphatic heterocycles. The van der Waals surface area contributed by atoms with Crippen LogP contribution in [0.25, 0.3) is 0 Å². The minimum Gasteiger partial charge on any atom is -0.465 e. The molecule has 0 radical (unpaired) electrons. The Morgan fingerprint density at radius 1 is 1.43 bits per heavy atom. The van der Waals surface area contributed by atoms with Crippen molar-refractivity contribution in [3.63, 3.8) is 0 Å². The summed E-state index contributed by atoms with van der Waals surface area (Å²) in [7, 11) is 0. The molecule has 1 amide bonds. The number of nitrogens with zero attached hydrogens (tertiary/aromatic N) is 2. The second-order valence-corrected chi connectivity index (χ2v) is 6.03. The van der Waals surface area contributed by atoms with E-state index in [2.05, 4.69) is 20.4 Å². The van der Waals surface area contributed by atoms with Gasteiger partial charge in [-0.25, -0.2) is 0 Å². The summed E-state index contributed by atoms with van der Waals surface area (Å²) in [6, 6.07) is 4.08. The van der Waals surface area contributed by atoms with E-state index in [0.29, 0.717) is 12.1 Å². The Balaban J connectivity index is 1.70. The average Bonchev–Trinajstić information content (AvgIpc) is 3.28. The van der Waals surface area contributed by atoms with E-state index < -0.39 is 0 Å². The number of likely N-dealkylation sites (tertiary alicyclic amines) is 1. The minimum atomic E-state index is -0.0805. The predicted octanol–water partition coefficient (Wildman–Crippen LogP) is 2.44. The van der Waals surface area contributed by atoms with E-state index in [4.69, 9.17) is 4.42 Å². The van der Waals surface area contributed by atoms with E-state index in [1.54, 1.807) is 6.20 Å². The average molecular weight is 316 g/mol. The van der Waals surface area contributed by atoms with Crippen molar-refractivity contribution in [2.24, 2.45) is 0 Å². The zero-order valence-electron chi connectivity index (χ0n) is 13.8. The minimum absolute atomic E-state index is 0.0805. The lowest BCUT2D eigenvalue weighted by Gasteiger charge is -2.26. The second kappa shape index (κ2) is 7.00. The molecule has 0 aromatic carbocycles. The van der Waals surface area contributed by atoms with Crippen LogP contribution in [0.5, 0.6) is 0 Å². The van der Waals surface area contributed by atoms with Crippen molar-refractivity contribution in [1.82, 2.24) is 20.4 Å². The summed E-state index contributed by atoms with van der Waals surface area (Å²) in [6.45, 7) is 6.59. The van der Waals surface area contributed by atoms with Crippen LogP contribution >= 0.6 is 0 Å². The Labute approximate surface area is 136 Å². The van der Waals surface area contributed by atoms with Crippen LogP contribution in [0.4, 0.5) is 0 Å². The highest BCUT2D eigenvalue weighted by Gasteiger charge is 2.26. The van der Waals surface area contributed by atoms with Gasteiger partial charge in [0.25, 0.3) is 5.91 Å². The van der Waals surface area contributed by atoms with Gasteiger partial charge in [0.15, 0.2) is 0 Å². The van der Waals surface area contributed by atoms with Gasteiger partial charge in [0.2, 0.25) is 0 Å². The van der Waals surface area contributed by atoms with Gasteiger partial charge < -0.3 is 9.73 Å². The lowest BCUT2D eigenvalue weighted by atomic mass is 10.1. The van der Waals surface area contributed by atoms with Gasteiger partial charge in [0.05, 0.1) is 17.8 Å². The van der Waals surface area contributed by atoms with E-state index in [1.807, 2.05) is 26.0 Å². The van der Waals surface area contributed by atoms with Crippen LogP contribution in [0, 0.1) is 6.92 Å². The molecule has 3 rings (SSSR count). The molecule has 2 aromatic heterocycles. The van der Waals surface area contributed by atoms with Crippen molar-refractivity contribution in [3.8, 4) is 0 Å². The normalized spacial score (nSPS) is 16.6. The third-order valence-electron chi connectivity index (χ3n) is 4.44. The molecule has 6 heteroatoms. The first kappa shape index (κ1) is 15.8. The molecule has 0 aliphatic carbocycles. The molecule has 124 valence electrons. The van der Waals surface area contributed by atoms with Gasteiger partial charge in [0.1, 0.15) is 11.5 Å². The maximum atomic E-state index is 12.4. The van der Waals surface area contributed by atoms with Gasteiger partial charge in [-0.05, 0) is 51.4 Å². The van der Waals surface area contributed by atoms with Crippen LogP contribution < -0.4 is 5.32 Å². The van der Waals surface area contributed by atoms with Gasteiger partial charge in [-0.15, -0.1) is 0 Å². The summed E-state index contributed by atoms with van der Waals surface area (Å²) < 4.78 is 5.81. The van der Waals surface area contributed by atoms with E-state index in [1.165, 1.54) is 12.8 Å². The fraction of sp³-hybridized carbons (Fsp3) is 0.529. The van der Waals surface area contributed by atoms with Crippen LogP contribution in [0.1, 0.15) is 53.4 Å². The molecule has 1 aliphatic rings. The summed E-state index contributed by atoms with van der Waals surface area (Å²) in [5.74, 6) is 1.74. The predicted molar refractivity (Wildman–Crippen MR) is 87.3 cm³/mol. The number of hydrogen-bond donors (Lipinski definition) is 2. The van der Waals surface area contributed by atoms with E-state index in [-0.39, 0.29) is 11.9 Å². The Hall–Kier alpha value is -2.08. The summed E-state index contributed by atoms with van der Waals surface area (Å²) >= 11 is 0. The molecule has 23 heavy (non-hydrogen) atoms. The summed E-state index contributed by atoms with van der Waals surface area (Å²) in [6.07, 6.45) is 4.75. The molecule has 0 unspecified atom stereocenters. The quantitative estimate of drug-likeness (QED) is 0.858. The lowest BCUT2D eigenvalue weighted by molar-refractivity contribution is 0.0933. The van der Waals surface area contributed by atoms with Crippen LogP contribution in [-0.4, -0.2) is 40.6 Å². The zero-order valence-corrected chi connectivity index (χ0v) is 13.8. The number of nitrogens with one attached hydrogen (secondary N) is 2. The molecule has 3 heterocycles. The molecule has 0 bridgehead atoms. The molecular formula is C17H24N4O2.